The molecule has 0 heterocycles. The number of nitrogens with two attached hydrogens (primary N) is 1. The number of amides is 3. The van der Waals surface area contributed by atoms with Gasteiger partial charge in [-0.3, -0.25) is 9.59 Å². The lowest BCUT2D eigenvalue weighted by atomic mass is 10.1. The average molecular weight is 294 g/mol. The molecule has 0 fully saturated rings. The normalized spacial score (nSPS) is 10.3. The second-order valence-corrected chi connectivity index (χ2v) is 4.44. The van der Waals surface area contributed by atoms with Gasteiger partial charge >= 0.3 is 12.0 Å². The number of rotatable bonds is 6. The maximum absolute atomic E-state index is 11.8. The molecule has 1 aromatic carbocycles. The zero-order valence-electron chi connectivity index (χ0n) is 13.0. The molecule has 0 aromatic heterocycles. The molecule has 0 unspecified atom stereocenters. The Morgan fingerprint density at radius 3 is 2.57 bits per heavy atom. The number of nitrogens with zero attached hydrogens (tertiary/aromatic N) is 1. The van der Waals surface area contributed by atoms with Gasteiger partial charge < -0.3 is 20.7 Å². The number of methoxy groups -OCH3 is 1. The second kappa shape index (κ2) is 7.88. The summed E-state index contributed by atoms with van der Waals surface area (Å²) in [5.74, 6) is -0.668. The molecule has 114 valence electrons. The van der Waals surface area contributed by atoms with Crippen LogP contribution in [0.15, 0.2) is 24.3 Å². The number of nitrogens with one attached hydrogen (secondary N) is 1. The highest BCUT2D eigenvalue weighted by Gasteiger charge is 2.08. The van der Waals surface area contributed by atoms with Crippen LogP contribution in [0.3, 0.4) is 0 Å². The number of hydrogen-bond donors (Lipinski definition) is 2. The van der Waals surface area contributed by atoms with Crippen molar-refractivity contribution < 1.29 is 20.5 Å². The first-order valence-corrected chi connectivity index (χ1v) is 6.34. The Hall–Kier alpha value is -2.57. The van der Waals surface area contributed by atoms with Crippen LogP contribution in [0.25, 0.3) is 0 Å². The van der Waals surface area contributed by atoms with Crippen molar-refractivity contribution >= 4 is 17.9 Å². The lowest BCUT2D eigenvalue weighted by Gasteiger charge is -2.14. The fourth-order valence-electron chi connectivity index (χ4n) is 1.59. The molecule has 0 saturated carbocycles. The van der Waals surface area contributed by atoms with Gasteiger partial charge in [0, 0.05) is 25.7 Å². The molecule has 0 aliphatic rings. The minimum atomic E-state index is -0.510. The number of benzene rings is 1. The highest BCUT2D eigenvalue weighted by atomic mass is 16.5. The Morgan fingerprint density at radius 1 is 1.33 bits per heavy atom. The highest BCUT2D eigenvalue weighted by Crippen LogP contribution is 2.07. The number of hydrogen-bond acceptors (Lipinski definition) is 4. The lowest BCUT2D eigenvalue weighted by molar-refractivity contribution is -0.140. The van der Waals surface area contributed by atoms with Crippen LogP contribution >= 0.6 is 0 Å². The average Bonchev–Trinajstić information content (AvgIpc) is 2.54. The van der Waals surface area contributed by atoms with E-state index in [-0.39, 0.29) is 24.8 Å². The van der Waals surface area contributed by atoms with E-state index in [9.17, 15) is 14.4 Å². The molecular formula is C14H19N3O4. The summed E-state index contributed by atoms with van der Waals surface area (Å²) in [5, 5.41) is 2.61. The summed E-state index contributed by atoms with van der Waals surface area (Å²) in [6.07, 6.45) is 0.118. The van der Waals surface area contributed by atoms with E-state index in [1.807, 2.05) is 0 Å². The summed E-state index contributed by atoms with van der Waals surface area (Å²) in [5.41, 5.74) is 3.08. The van der Waals surface area contributed by atoms with Crippen molar-refractivity contribution in [3.63, 3.8) is 0 Å². The smallest absolute Gasteiger partial charge is 0.314 e. The number of ether oxygens (including phenoxy) is 1. The summed E-state index contributed by atoms with van der Waals surface area (Å²) < 4.78 is 11.3. The molecule has 3 N–H and O–H groups in total. The summed E-state index contributed by atoms with van der Waals surface area (Å²) >= 11 is 0. The maximum Gasteiger partial charge on any atom is 0.314 e. The number of carbonyl (C=O) groups excluding carboxylic acids is 3. The van der Waals surface area contributed by atoms with E-state index in [4.69, 9.17) is 1.41 Å². The lowest BCUT2D eigenvalue weighted by Crippen LogP contribution is -2.31. The van der Waals surface area contributed by atoms with Gasteiger partial charge in [-0.2, -0.15) is 0 Å². The van der Waals surface area contributed by atoms with Crippen LogP contribution in [0, 0.1) is 0 Å². The van der Waals surface area contributed by atoms with E-state index >= 15 is 0 Å². The molecule has 0 spiro atoms. The largest absolute Gasteiger partial charge is 0.469 e. The molecule has 0 aliphatic carbocycles. The minimum absolute atomic E-state index is 0.118. The van der Waals surface area contributed by atoms with Crippen molar-refractivity contribution in [3.8, 4) is 0 Å². The second-order valence-electron chi connectivity index (χ2n) is 4.44. The molecule has 0 atom stereocenters. The van der Waals surface area contributed by atoms with Gasteiger partial charge in [-0.1, -0.05) is 12.1 Å². The van der Waals surface area contributed by atoms with Crippen LogP contribution in [0.5, 0.6) is 0 Å². The molecular weight excluding hydrogens is 274 g/mol. The van der Waals surface area contributed by atoms with E-state index < -0.39 is 6.03 Å². The van der Waals surface area contributed by atoms with E-state index in [1.54, 1.807) is 37.0 Å². The highest BCUT2D eigenvalue weighted by molar-refractivity contribution is 5.94. The van der Waals surface area contributed by atoms with Crippen molar-refractivity contribution in [1.29, 1.82) is 0 Å². The topological polar surface area (TPSA) is 102 Å². The van der Waals surface area contributed by atoms with E-state index in [0.29, 0.717) is 12.1 Å². The molecule has 7 heteroatoms. The molecule has 0 aliphatic heterocycles. The first-order chi connectivity index (χ1) is 10.5. The maximum atomic E-state index is 11.8. The summed E-state index contributed by atoms with van der Waals surface area (Å²) in [7, 11) is 2.86. The minimum Gasteiger partial charge on any atom is -0.469 e. The standard InChI is InChI=1S/C14H19N3O4/c1-17(14(15)20)9-10-3-5-11(6-4-10)13(19)16-8-7-12(18)21-2/h3-6H,7-9H2,1-2H3,(H2,15,20)(H,16,19)/i/hD. The summed E-state index contributed by atoms with van der Waals surface area (Å²) in [4.78, 5) is 35.3. The van der Waals surface area contributed by atoms with Crippen molar-refractivity contribution in [2.45, 2.75) is 13.0 Å². The van der Waals surface area contributed by atoms with Crippen LogP contribution in [-0.2, 0) is 16.1 Å². The Morgan fingerprint density at radius 2 is 2.00 bits per heavy atom. The first kappa shape index (κ1) is 14.8. The van der Waals surface area contributed by atoms with Crippen molar-refractivity contribution in [1.82, 2.24) is 10.2 Å². The number of urea groups is 1. The van der Waals surface area contributed by atoms with Crippen LogP contribution < -0.4 is 11.0 Å². The Labute approximate surface area is 124 Å². The predicted octanol–water partition coefficient (Wildman–Crippen LogP) is 0.490. The Balaban J connectivity index is 2.51. The number of primary amides is 1. The van der Waals surface area contributed by atoms with Gasteiger partial charge in [0.15, 0.2) is 1.41 Å². The molecule has 0 bridgehead atoms. The quantitative estimate of drug-likeness (QED) is 0.745. The van der Waals surface area contributed by atoms with E-state index in [2.05, 4.69) is 10.1 Å². The molecule has 21 heavy (non-hydrogen) atoms. The van der Waals surface area contributed by atoms with Crippen LogP contribution in [0.1, 0.15) is 22.3 Å². The number of esters is 1. The van der Waals surface area contributed by atoms with Gasteiger partial charge in [-0.15, -0.1) is 0 Å². The SMILES string of the molecule is [2H]NC(=O)N(C)Cc1ccc(C(=O)NCCC(=O)OC)cc1. The third-order valence-electron chi connectivity index (χ3n) is 2.82. The Bertz CT molecular complexity index is 533. The molecule has 1 aromatic rings. The van der Waals surface area contributed by atoms with Gasteiger partial charge in [0.2, 0.25) is 0 Å². The number of carbonyl (C=O) groups is 3. The van der Waals surface area contributed by atoms with E-state index in [1.165, 1.54) is 12.0 Å². The van der Waals surface area contributed by atoms with Crippen LogP contribution in [0.4, 0.5) is 4.79 Å². The van der Waals surface area contributed by atoms with E-state index in [0.717, 1.165) is 5.56 Å². The summed E-state index contributed by atoms with van der Waals surface area (Å²) in [6.45, 7) is 0.536. The van der Waals surface area contributed by atoms with Crippen molar-refractivity contribution in [3.05, 3.63) is 35.4 Å². The predicted molar refractivity (Wildman–Crippen MR) is 76.5 cm³/mol. The van der Waals surface area contributed by atoms with Crippen LogP contribution in [-0.4, -0.2) is 43.5 Å². The third-order valence-corrected chi connectivity index (χ3v) is 2.82. The van der Waals surface area contributed by atoms with Gasteiger partial charge in [-0.25, -0.2) is 4.79 Å². The van der Waals surface area contributed by atoms with Crippen LogP contribution in [0.2, 0.25) is 1.41 Å². The van der Waals surface area contributed by atoms with Gasteiger partial charge in [0.1, 0.15) is 0 Å². The fourth-order valence-corrected chi connectivity index (χ4v) is 1.59. The molecule has 3 amide bonds. The molecule has 1 rings (SSSR count). The fraction of sp³-hybridized carbons (Fsp3) is 0.357. The third kappa shape index (κ3) is 5.52. The zero-order chi connectivity index (χ0) is 16.5. The zero-order valence-corrected chi connectivity index (χ0v) is 12.0. The molecule has 7 nitrogen and oxygen atoms in total. The van der Waals surface area contributed by atoms with Gasteiger partial charge in [0.25, 0.3) is 5.91 Å². The monoisotopic (exact) mass is 294 g/mol. The summed E-state index contributed by atoms with van der Waals surface area (Å²) in [6, 6.07) is 6.21. The van der Waals surface area contributed by atoms with Gasteiger partial charge in [-0.05, 0) is 17.7 Å². The molecule has 0 saturated heterocycles. The Kier molecular flexibility index (Phi) is 5.57. The first-order valence-electron chi connectivity index (χ1n) is 6.84. The van der Waals surface area contributed by atoms with Crippen molar-refractivity contribution in [2.24, 2.45) is 5.73 Å². The molecule has 0 radical (unpaired) electrons. The van der Waals surface area contributed by atoms with Gasteiger partial charge in [0.05, 0.1) is 13.5 Å². The van der Waals surface area contributed by atoms with Crippen molar-refractivity contribution in [2.75, 3.05) is 20.7 Å².